The Morgan fingerprint density at radius 3 is 2.59 bits per heavy atom. The molecule has 0 fully saturated rings. The van der Waals surface area contributed by atoms with Gasteiger partial charge in [0.2, 0.25) is 0 Å². The van der Waals surface area contributed by atoms with E-state index in [-0.39, 0.29) is 11.9 Å². The molecule has 17 heavy (non-hydrogen) atoms. The lowest BCUT2D eigenvalue weighted by molar-refractivity contribution is -0.149. The molecule has 0 aliphatic rings. The molecule has 0 radical (unpaired) electrons. The van der Waals surface area contributed by atoms with Crippen LogP contribution in [0.15, 0.2) is 30.3 Å². The third-order valence-corrected chi connectivity index (χ3v) is 2.75. The van der Waals surface area contributed by atoms with Crippen LogP contribution in [0.4, 0.5) is 0 Å². The van der Waals surface area contributed by atoms with Gasteiger partial charge < -0.3 is 9.64 Å². The van der Waals surface area contributed by atoms with Crippen LogP contribution in [-0.4, -0.2) is 31.0 Å². The molecule has 1 aromatic rings. The zero-order valence-corrected chi connectivity index (χ0v) is 10.8. The van der Waals surface area contributed by atoms with E-state index in [0.29, 0.717) is 6.61 Å². The van der Waals surface area contributed by atoms with Crippen LogP contribution in [-0.2, 0) is 16.1 Å². The maximum Gasteiger partial charge on any atom is 0.310 e. The van der Waals surface area contributed by atoms with Gasteiger partial charge in [0.15, 0.2) is 0 Å². The third kappa shape index (κ3) is 5.00. The van der Waals surface area contributed by atoms with E-state index in [2.05, 4.69) is 11.8 Å². The van der Waals surface area contributed by atoms with Crippen molar-refractivity contribution in [3.63, 3.8) is 0 Å². The van der Waals surface area contributed by atoms with E-state index >= 15 is 0 Å². The summed E-state index contributed by atoms with van der Waals surface area (Å²) in [6.45, 7) is 6.02. The topological polar surface area (TPSA) is 29.5 Å². The van der Waals surface area contributed by atoms with Gasteiger partial charge in [-0.15, -0.1) is 0 Å². The Hall–Kier alpha value is -1.35. The van der Waals surface area contributed by atoms with Crippen molar-refractivity contribution in [2.24, 2.45) is 5.92 Å². The van der Waals surface area contributed by atoms with Crippen LogP contribution in [0.1, 0.15) is 19.4 Å². The predicted molar refractivity (Wildman–Crippen MR) is 68.6 cm³/mol. The highest BCUT2D eigenvalue weighted by atomic mass is 16.5. The lowest BCUT2D eigenvalue weighted by Crippen LogP contribution is -2.29. The molecule has 1 aromatic carbocycles. The lowest BCUT2D eigenvalue weighted by atomic mass is 10.1. The van der Waals surface area contributed by atoms with E-state index in [0.717, 1.165) is 18.7 Å². The van der Waals surface area contributed by atoms with E-state index in [1.807, 2.05) is 44.3 Å². The predicted octanol–water partition coefficient (Wildman–Crippen LogP) is 2.32. The monoisotopic (exact) mass is 235 g/mol. The Balaban J connectivity index is 2.34. The summed E-state index contributed by atoms with van der Waals surface area (Å²) in [5.41, 5.74) is 1.02. The van der Waals surface area contributed by atoms with Crippen molar-refractivity contribution in [2.45, 2.75) is 20.5 Å². The third-order valence-electron chi connectivity index (χ3n) is 2.75. The van der Waals surface area contributed by atoms with Gasteiger partial charge >= 0.3 is 5.97 Å². The molecule has 3 nitrogen and oxygen atoms in total. The first kappa shape index (κ1) is 13.7. The van der Waals surface area contributed by atoms with Crippen LogP contribution >= 0.6 is 0 Å². The average molecular weight is 235 g/mol. The summed E-state index contributed by atoms with van der Waals surface area (Å²) in [4.78, 5) is 13.8. The summed E-state index contributed by atoms with van der Waals surface area (Å²) in [6.07, 6.45) is 0. The van der Waals surface area contributed by atoms with E-state index in [1.54, 1.807) is 0 Å². The summed E-state index contributed by atoms with van der Waals surface area (Å²) in [6, 6.07) is 9.74. The molecule has 0 aliphatic carbocycles. The number of nitrogens with zero attached hydrogens (tertiary/aromatic N) is 1. The van der Waals surface area contributed by atoms with Gasteiger partial charge in [0, 0.05) is 6.54 Å². The van der Waals surface area contributed by atoms with Crippen molar-refractivity contribution < 1.29 is 9.53 Å². The molecule has 0 aromatic heterocycles. The number of esters is 1. The van der Waals surface area contributed by atoms with Crippen LogP contribution < -0.4 is 0 Å². The first-order valence-electron chi connectivity index (χ1n) is 6.02. The highest BCUT2D eigenvalue weighted by molar-refractivity contribution is 5.72. The fourth-order valence-electron chi connectivity index (χ4n) is 1.54. The van der Waals surface area contributed by atoms with Gasteiger partial charge in [-0.05, 0) is 19.2 Å². The second kappa shape index (κ2) is 7.07. The maximum absolute atomic E-state index is 11.7. The van der Waals surface area contributed by atoms with Gasteiger partial charge in [-0.2, -0.15) is 0 Å². The minimum absolute atomic E-state index is 0.0799. The molecule has 0 bridgehead atoms. The summed E-state index contributed by atoms with van der Waals surface area (Å²) in [5, 5.41) is 0. The number of hydrogen-bond acceptors (Lipinski definition) is 3. The van der Waals surface area contributed by atoms with Crippen LogP contribution in [0, 0.1) is 5.92 Å². The molecule has 0 heterocycles. The lowest BCUT2D eigenvalue weighted by Gasteiger charge is -2.18. The van der Waals surface area contributed by atoms with Crippen molar-refractivity contribution in [1.29, 1.82) is 0 Å². The second-order valence-corrected chi connectivity index (χ2v) is 4.35. The van der Waals surface area contributed by atoms with Crippen LogP contribution in [0.2, 0.25) is 0 Å². The van der Waals surface area contributed by atoms with Crippen LogP contribution in [0.25, 0.3) is 0 Å². The molecule has 0 aliphatic heterocycles. The highest BCUT2D eigenvalue weighted by Crippen LogP contribution is 2.05. The standard InChI is InChI=1S/C14H21NO2/c1-4-15(3)10-12(2)14(16)17-11-13-8-6-5-7-9-13/h5-9,12H,4,10-11H2,1-3H3. The first-order chi connectivity index (χ1) is 8.13. The molecule has 0 N–H and O–H groups in total. The van der Waals surface area contributed by atoms with E-state index in [1.165, 1.54) is 0 Å². The summed E-state index contributed by atoms with van der Waals surface area (Å²) in [5.74, 6) is -0.210. The minimum Gasteiger partial charge on any atom is -0.461 e. The Kier molecular flexibility index (Phi) is 5.70. The molecule has 0 saturated carbocycles. The van der Waals surface area contributed by atoms with Gasteiger partial charge in [0.05, 0.1) is 5.92 Å². The molecular formula is C14H21NO2. The molecule has 1 rings (SSSR count). The molecule has 0 spiro atoms. The molecule has 0 saturated heterocycles. The zero-order valence-electron chi connectivity index (χ0n) is 10.8. The van der Waals surface area contributed by atoms with Crippen LogP contribution in [0.5, 0.6) is 0 Å². The quantitative estimate of drug-likeness (QED) is 0.709. The number of rotatable bonds is 6. The Labute approximate surface area is 103 Å². The first-order valence-corrected chi connectivity index (χ1v) is 6.02. The molecule has 3 heteroatoms. The van der Waals surface area contributed by atoms with Gasteiger partial charge in [-0.3, -0.25) is 4.79 Å². The smallest absolute Gasteiger partial charge is 0.310 e. The number of benzene rings is 1. The number of carbonyl (C=O) groups is 1. The van der Waals surface area contributed by atoms with Crippen molar-refractivity contribution in [3.8, 4) is 0 Å². The normalized spacial score (nSPS) is 12.5. The van der Waals surface area contributed by atoms with E-state index < -0.39 is 0 Å². The minimum atomic E-state index is -0.130. The van der Waals surface area contributed by atoms with Crippen molar-refractivity contribution in [3.05, 3.63) is 35.9 Å². The van der Waals surface area contributed by atoms with Gasteiger partial charge in [-0.25, -0.2) is 0 Å². The molecular weight excluding hydrogens is 214 g/mol. The summed E-state index contributed by atoms with van der Waals surface area (Å²) < 4.78 is 5.27. The van der Waals surface area contributed by atoms with E-state index in [4.69, 9.17) is 4.74 Å². The zero-order chi connectivity index (χ0) is 12.7. The number of carbonyl (C=O) groups excluding carboxylic acids is 1. The molecule has 94 valence electrons. The Bertz CT molecular complexity index is 337. The Morgan fingerprint density at radius 2 is 2.00 bits per heavy atom. The largest absolute Gasteiger partial charge is 0.461 e. The SMILES string of the molecule is CCN(C)CC(C)C(=O)OCc1ccccc1. The van der Waals surface area contributed by atoms with Crippen molar-refractivity contribution >= 4 is 5.97 Å². The van der Waals surface area contributed by atoms with E-state index in [9.17, 15) is 4.79 Å². The second-order valence-electron chi connectivity index (χ2n) is 4.35. The Morgan fingerprint density at radius 1 is 1.35 bits per heavy atom. The molecule has 1 unspecified atom stereocenters. The van der Waals surface area contributed by atoms with Crippen LogP contribution in [0.3, 0.4) is 0 Å². The average Bonchev–Trinajstić information content (AvgIpc) is 2.36. The fraction of sp³-hybridized carbons (Fsp3) is 0.500. The maximum atomic E-state index is 11.7. The van der Waals surface area contributed by atoms with Crippen molar-refractivity contribution in [2.75, 3.05) is 20.1 Å². The fourth-order valence-corrected chi connectivity index (χ4v) is 1.54. The summed E-state index contributed by atoms with van der Waals surface area (Å²) >= 11 is 0. The molecule has 1 atom stereocenters. The summed E-state index contributed by atoms with van der Waals surface area (Å²) in [7, 11) is 2.00. The van der Waals surface area contributed by atoms with Gasteiger partial charge in [0.1, 0.15) is 6.61 Å². The van der Waals surface area contributed by atoms with Gasteiger partial charge in [0.25, 0.3) is 0 Å². The van der Waals surface area contributed by atoms with Crippen molar-refractivity contribution in [1.82, 2.24) is 4.90 Å². The molecule has 0 amide bonds. The number of hydrogen-bond donors (Lipinski definition) is 0. The number of ether oxygens (including phenoxy) is 1. The highest BCUT2D eigenvalue weighted by Gasteiger charge is 2.15. The van der Waals surface area contributed by atoms with Gasteiger partial charge in [-0.1, -0.05) is 44.2 Å².